The molecule has 1 atom stereocenters. The van der Waals surface area contributed by atoms with Crippen molar-refractivity contribution in [1.29, 1.82) is 0 Å². The van der Waals surface area contributed by atoms with Crippen LogP contribution in [0.2, 0.25) is 0 Å². The largest absolute Gasteiger partial charge is 0.448 e. The van der Waals surface area contributed by atoms with Gasteiger partial charge in [-0.25, -0.2) is 4.98 Å². The lowest BCUT2D eigenvalue weighted by atomic mass is 9.98. The second-order valence-electron chi connectivity index (χ2n) is 2.77. The summed E-state index contributed by atoms with van der Waals surface area (Å²) in [7, 11) is 0. The summed E-state index contributed by atoms with van der Waals surface area (Å²) in [5.41, 5.74) is 6.61. The van der Waals surface area contributed by atoms with E-state index in [2.05, 4.69) is 18.1 Å². The Morgan fingerprint density at radius 1 is 1.64 bits per heavy atom. The second kappa shape index (κ2) is 5.19. The molecular weight excluding hydrogens is 176 g/mol. The van der Waals surface area contributed by atoms with Gasteiger partial charge < -0.3 is 10.2 Å². The summed E-state index contributed by atoms with van der Waals surface area (Å²) in [6, 6.07) is 0. The summed E-state index contributed by atoms with van der Waals surface area (Å²) < 4.78 is 5.20. The SMILES string of the molecule is C=C/C=C(\C=C)C(CN)c1ncco1. The average molecular weight is 190 g/mol. The molecule has 14 heavy (non-hydrogen) atoms. The summed E-state index contributed by atoms with van der Waals surface area (Å²) in [6.07, 6.45) is 8.43. The lowest BCUT2D eigenvalue weighted by Gasteiger charge is -2.11. The van der Waals surface area contributed by atoms with Crippen molar-refractivity contribution in [3.63, 3.8) is 0 Å². The van der Waals surface area contributed by atoms with Crippen LogP contribution >= 0.6 is 0 Å². The molecule has 74 valence electrons. The zero-order valence-corrected chi connectivity index (χ0v) is 8.02. The fourth-order valence-electron chi connectivity index (χ4n) is 1.25. The smallest absolute Gasteiger partial charge is 0.202 e. The molecule has 0 saturated heterocycles. The van der Waals surface area contributed by atoms with E-state index in [-0.39, 0.29) is 5.92 Å². The van der Waals surface area contributed by atoms with Crippen molar-refractivity contribution < 1.29 is 4.42 Å². The molecule has 3 heteroatoms. The molecule has 0 bridgehead atoms. The Morgan fingerprint density at radius 2 is 2.43 bits per heavy atom. The van der Waals surface area contributed by atoms with E-state index in [1.807, 2.05) is 6.08 Å². The number of aromatic nitrogens is 1. The topological polar surface area (TPSA) is 52.0 Å². The molecule has 1 aromatic rings. The molecule has 0 aliphatic heterocycles. The van der Waals surface area contributed by atoms with Gasteiger partial charge in [-0.05, 0) is 5.57 Å². The first kappa shape index (κ1) is 10.5. The van der Waals surface area contributed by atoms with Gasteiger partial charge in [-0.2, -0.15) is 0 Å². The maximum atomic E-state index is 5.65. The van der Waals surface area contributed by atoms with Crippen LogP contribution in [0.1, 0.15) is 11.8 Å². The zero-order chi connectivity index (χ0) is 10.4. The molecule has 1 aromatic heterocycles. The minimum atomic E-state index is -0.0412. The maximum absolute atomic E-state index is 5.65. The monoisotopic (exact) mass is 190 g/mol. The number of hydrogen-bond acceptors (Lipinski definition) is 3. The molecule has 1 heterocycles. The van der Waals surface area contributed by atoms with Crippen LogP contribution in [0, 0.1) is 0 Å². The van der Waals surface area contributed by atoms with E-state index in [1.54, 1.807) is 18.3 Å². The van der Waals surface area contributed by atoms with E-state index in [1.165, 1.54) is 6.26 Å². The third kappa shape index (κ3) is 2.20. The summed E-state index contributed by atoms with van der Waals surface area (Å²) in [4.78, 5) is 4.07. The molecule has 2 N–H and O–H groups in total. The predicted octanol–water partition coefficient (Wildman–Crippen LogP) is 2.02. The summed E-state index contributed by atoms with van der Waals surface area (Å²) in [5.74, 6) is 0.570. The van der Waals surface area contributed by atoms with Crippen LogP contribution in [0.15, 0.2) is 53.8 Å². The summed E-state index contributed by atoms with van der Waals surface area (Å²) >= 11 is 0. The molecule has 1 unspecified atom stereocenters. The van der Waals surface area contributed by atoms with Gasteiger partial charge in [-0.1, -0.05) is 31.4 Å². The normalized spacial score (nSPS) is 13.6. The van der Waals surface area contributed by atoms with Gasteiger partial charge in [-0.3, -0.25) is 0 Å². The number of rotatable bonds is 5. The molecule has 0 aromatic carbocycles. The van der Waals surface area contributed by atoms with Gasteiger partial charge >= 0.3 is 0 Å². The van der Waals surface area contributed by atoms with Crippen molar-refractivity contribution in [1.82, 2.24) is 4.98 Å². The Labute approximate surface area is 83.6 Å². The van der Waals surface area contributed by atoms with Gasteiger partial charge in [0.15, 0.2) is 0 Å². The molecular formula is C11H14N2O. The molecule has 3 nitrogen and oxygen atoms in total. The van der Waals surface area contributed by atoms with E-state index in [0.717, 1.165) is 5.57 Å². The molecule has 0 spiro atoms. The molecule has 0 amide bonds. The highest BCUT2D eigenvalue weighted by atomic mass is 16.3. The standard InChI is InChI=1S/C11H14N2O/c1-3-5-9(4-2)10(8-12)11-13-6-7-14-11/h3-7,10H,1-2,8,12H2/b9-5+. The van der Waals surface area contributed by atoms with E-state index >= 15 is 0 Å². The lowest BCUT2D eigenvalue weighted by Crippen LogP contribution is -2.14. The van der Waals surface area contributed by atoms with Crippen molar-refractivity contribution >= 4 is 0 Å². The highest BCUT2D eigenvalue weighted by molar-refractivity contribution is 5.30. The van der Waals surface area contributed by atoms with Crippen LogP contribution < -0.4 is 5.73 Å². The van der Waals surface area contributed by atoms with E-state index in [4.69, 9.17) is 10.2 Å². The van der Waals surface area contributed by atoms with E-state index in [9.17, 15) is 0 Å². The predicted molar refractivity (Wildman–Crippen MR) is 56.8 cm³/mol. The average Bonchev–Trinajstić information content (AvgIpc) is 2.71. The maximum Gasteiger partial charge on any atom is 0.202 e. The van der Waals surface area contributed by atoms with Crippen LogP contribution in [0.3, 0.4) is 0 Å². The summed E-state index contributed by atoms with van der Waals surface area (Å²) in [5, 5.41) is 0. The van der Waals surface area contributed by atoms with Crippen molar-refractivity contribution in [2.45, 2.75) is 5.92 Å². The molecule has 0 saturated carbocycles. The highest BCUT2D eigenvalue weighted by Gasteiger charge is 2.16. The molecule has 1 rings (SSSR count). The third-order valence-corrected chi connectivity index (χ3v) is 1.93. The van der Waals surface area contributed by atoms with Gasteiger partial charge in [0, 0.05) is 6.54 Å². The number of nitrogens with two attached hydrogens (primary N) is 1. The minimum Gasteiger partial charge on any atom is -0.448 e. The fraction of sp³-hybridized carbons (Fsp3) is 0.182. The van der Waals surface area contributed by atoms with Gasteiger partial charge in [-0.15, -0.1) is 0 Å². The Morgan fingerprint density at radius 3 is 2.86 bits per heavy atom. The first-order valence-corrected chi connectivity index (χ1v) is 4.38. The van der Waals surface area contributed by atoms with Crippen LogP contribution in [0.25, 0.3) is 0 Å². The number of nitrogens with zero attached hydrogens (tertiary/aromatic N) is 1. The first-order valence-electron chi connectivity index (χ1n) is 4.38. The highest BCUT2D eigenvalue weighted by Crippen LogP contribution is 2.22. The van der Waals surface area contributed by atoms with Crippen LogP contribution in [0.4, 0.5) is 0 Å². The fourth-order valence-corrected chi connectivity index (χ4v) is 1.25. The minimum absolute atomic E-state index is 0.0412. The van der Waals surface area contributed by atoms with Gasteiger partial charge in [0.2, 0.25) is 5.89 Å². The number of hydrogen-bond donors (Lipinski definition) is 1. The Hall–Kier alpha value is -1.61. The van der Waals surface area contributed by atoms with Crippen LogP contribution in [-0.2, 0) is 0 Å². The van der Waals surface area contributed by atoms with E-state index < -0.39 is 0 Å². The Bertz CT molecular complexity index is 325. The van der Waals surface area contributed by atoms with Crippen LogP contribution in [-0.4, -0.2) is 11.5 Å². The Kier molecular flexibility index (Phi) is 3.88. The Balaban J connectivity index is 2.96. The van der Waals surface area contributed by atoms with Gasteiger partial charge in [0.1, 0.15) is 6.26 Å². The number of oxazole rings is 1. The molecule has 0 radical (unpaired) electrons. The van der Waals surface area contributed by atoms with Gasteiger partial charge in [0.05, 0.1) is 12.1 Å². The number of allylic oxidation sites excluding steroid dienone is 3. The van der Waals surface area contributed by atoms with Crippen molar-refractivity contribution in [2.24, 2.45) is 5.73 Å². The third-order valence-electron chi connectivity index (χ3n) is 1.93. The van der Waals surface area contributed by atoms with Crippen molar-refractivity contribution in [2.75, 3.05) is 6.54 Å². The summed E-state index contributed by atoms with van der Waals surface area (Å²) in [6.45, 7) is 7.78. The zero-order valence-electron chi connectivity index (χ0n) is 8.02. The quantitative estimate of drug-likeness (QED) is 0.722. The van der Waals surface area contributed by atoms with Crippen LogP contribution in [0.5, 0.6) is 0 Å². The second-order valence-corrected chi connectivity index (χ2v) is 2.77. The van der Waals surface area contributed by atoms with Crippen molar-refractivity contribution in [3.8, 4) is 0 Å². The van der Waals surface area contributed by atoms with Crippen molar-refractivity contribution in [3.05, 3.63) is 55.3 Å². The molecule has 0 aliphatic carbocycles. The first-order chi connectivity index (χ1) is 6.83. The van der Waals surface area contributed by atoms with E-state index in [0.29, 0.717) is 12.4 Å². The van der Waals surface area contributed by atoms with Gasteiger partial charge in [0.25, 0.3) is 0 Å². The molecule has 0 aliphatic rings. The lowest BCUT2D eigenvalue weighted by molar-refractivity contribution is 0.471. The molecule has 0 fully saturated rings.